The van der Waals surface area contributed by atoms with Crippen LogP contribution in [0.4, 0.5) is 18.9 Å². The molecule has 1 aromatic carbocycles. The number of aliphatic imine (C=N–C) groups is 1. The number of benzene rings is 1. The smallest absolute Gasteiger partial charge is 0.404 e. The van der Waals surface area contributed by atoms with E-state index in [0.29, 0.717) is 11.1 Å². The Morgan fingerprint density at radius 3 is 2.71 bits per heavy atom. The molecule has 6 nitrogen and oxygen atoms in total. The van der Waals surface area contributed by atoms with E-state index in [2.05, 4.69) is 36.4 Å². The molecular formula is C11H14BrF3N4O2. The Kier molecular flexibility index (Phi) is 6.72. The van der Waals surface area contributed by atoms with Crippen LogP contribution in [0, 0.1) is 0 Å². The highest BCUT2D eigenvalue weighted by atomic mass is 79.9. The van der Waals surface area contributed by atoms with Gasteiger partial charge in [-0.2, -0.15) is 0 Å². The molecule has 21 heavy (non-hydrogen) atoms. The summed E-state index contributed by atoms with van der Waals surface area (Å²) < 4.78 is 46.3. The molecule has 0 aliphatic rings. The van der Waals surface area contributed by atoms with Crippen molar-refractivity contribution in [1.82, 2.24) is 5.43 Å². The molecular weight excluding hydrogens is 357 g/mol. The minimum absolute atomic E-state index is 0.0599. The lowest BCUT2D eigenvalue weighted by molar-refractivity contribution is -0.274. The summed E-state index contributed by atoms with van der Waals surface area (Å²) in [5, 5.41) is 2.62. The summed E-state index contributed by atoms with van der Waals surface area (Å²) in [7, 11) is 1.50. The number of anilines is 1. The standard InChI is InChI=1S/C11H14BrF3N4O2/c1-20-5-4-17-10(19-16)18-8-3-2-7(12)6-9(8)21-11(13,14)15/h2-3,6H,4-5,16H2,1H3,(H2,17,18,19). The van der Waals surface area contributed by atoms with Crippen molar-refractivity contribution in [2.24, 2.45) is 10.8 Å². The zero-order valence-corrected chi connectivity index (χ0v) is 12.6. The molecule has 0 radical (unpaired) electrons. The second kappa shape index (κ2) is 8.05. The van der Waals surface area contributed by atoms with Gasteiger partial charge in [-0.05, 0) is 18.2 Å². The number of ether oxygens (including phenoxy) is 2. The van der Waals surface area contributed by atoms with Crippen LogP contribution in [0.25, 0.3) is 0 Å². The fourth-order valence-corrected chi connectivity index (χ4v) is 1.65. The normalized spacial score (nSPS) is 12.2. The molecule has 0 bridgehead atoms. The van der Waals surface area contributed by atoms with E-state index in [1.54, 1.807) is 6.07 Å². The summed E-state index contributed by atoms with van der Waals surface area (Å²) in [6.07, 6.45) is -4.80. The Morgan fingerprint density at radius 1 is 1.43 bits per heavy atom. The number of nitrogens with zero attached hydrogens (tertiary/aromatic N) is 1. The summed E-state index contributed by atoms with van der Waals surface area (Å²) in [5.41, 5.74) is 2.31. The van der Waals surface area contributed by atoms with Crippen LogP contribution in [0.2, 0.25) is 0 Å². The molecule has 0 spiro atoms. The first-order chi connectivity index (χ1) is 9.85. The van der Waals surface area contributed by atoms with E-state index < -0.39 is 12.1 Å². The summed E-state index contributed by atoms with van der Waals surface area (Å²) in [5.74, 6) is 4.93. The van der Waals surface area contributed by atoms with Gasteiger partial charge in [0.15, 0.2) is 5.75 Å². The molecule has 0 heterocycles. The van der Waals surface area contributed by atoms with Crippen molar-refractivity contribution in [3.63, 3.8) is 0 Å². The molecule has 0 unspecified atom stereocenters. The van der Waals surface area contributed by atoms with Gasteiger partial charge < -0.3 is 14.8 Å². The Hall–Kier alpha value is -1.52. The number of nitrogens with two attached hydrogens (primary N) is 1. The molecule has 0 aliphatic heterocycles. The fraction of sp³-hybridized carbons (Fsp3) is 0.364. The molecule has 4 N–H and O–H groups in total. The molecule has 0 saturated heterocycles. The average Bonchev–Trinajstić information content (AvgIpc) is 2.38. The van der Waals surface area contributed by atoms with Crippen LogP contribution in [0.15, 0.2) is 27.7 Å². The Bertz CT molecular complexity index is 497. The lowest BCUT2D eigenvalue weighted by Gasteiger charge is -2.15. The Balaban J connectivity index is 2.93. The lowest BCUT2D eigenvalue weighted by atomic mass is 10.3. The summed E-state index contributed by atoms with van der Waals surface area (Å²) in [6.45, 7) is 0.633. The van der Waals surface area contributed by atoms with Crippen molar-refractivity contribution in [3.05, 3.63) is 22.7 Å². The second-order valence-corrected chi connectivity index (χ2v) is 4.60. The number of hydrazine groups is 1. The zero-order valence-electron chi connectivity index (χ0n) is 11.0. The third-order valence-corrected chi connectivity index (χ3v) is 2.62. The summed E-state index contributed by atoms with van der Waals surface area (Å²) >= 11 is 3.08. The van der Waals surface area contributed by atoms with Crippen LogP contribution in [0.5, 0.6) is 5.75 Å². The number of rotatable bonds is 5. The molecule has 10 heteroatoms. The third kappa shape index (κ3) is 6.65. The van der Waals surface area contributed by atoms with E-state index in [1.165, 1.54) is 19.2 Å². The van der Waals surface area contributed by atoms with Gasteiger partial charge in [-0.1, -0.05) is 15.9 Å². The molecule has 1 aromatic rings. The Labute approximate surface area is 127 Å². The SMILES string of the molecule is COCCN=C(NN)Nc1ccc(Br)cc1OC(F)(F)F. The molecule has 118 valence electrons. The summed E-state index contributed by atoms with van der Waals surface area (Å²) in [6, 6.07) is 4.13. The third-order valence-electron chi connectivity index (χ3n) is 2.12. The number of nitrogens with one attached hydrogen (secondary N) is 2. The van der Waals surface area contributed by atoms with Gasteiger partial charge in [0.2, 0.25) is 5.96 Å². The molecule has 0 fully saturated rings. The zero-order chi connectivity index (χ0) is 15.9. The largest absolute Gasteiger partial charge is 0.573 e. The van der Waals surface area contributed by atoms with Gasteiger partial charge >= 0.3 is 6.36 Å². The predicted molar refractivity (Wildman–Crippen MR) is 75.9 cm³/mol. The maximum atomic E-state index is 12.4. The first kappa shape index (κ1) is 17.5. The van der Waals surface area contributed by atoms with Crippen molar-refractivity contribution in [2.75, 3.05) is 25.6 Å². The van der Waals surface area contributed by atoms with Gasteiger partial charge in [0, 0.05) is 11.6 Å². The first-order valence-corrected chi connectivity index (χ1v) is 6.47. The Morgan fingerprint density at radius 2 is 2.14 bits per heavy atom. The lowest BCUT2D eigenvalue weighted by Crippen LogP contribution is -2.36. The topological polar surface area (TPSA) is 80.9 Å². The first-order valence-electron chi connectivity index (χ1n) is 5.68. The van der Waals surface area contributed by atoms with Crippen LogP contribution in [0.1, 0.15) is 0 Å². The highest BCUT2D eigenvalue weighted by Gasteiger charge is 2.32. The van der Waals surface area contributed by atoms with Crippen molar-refractivity contribution in [2.45, 2.75) is 6.36 Å². The molecule has 1 rings (SSSR count). The van der Waals surface area contributed by atoms with Crippen molar-refractivity contribution < 1.29 is 22.6 Å². The minimum atomic E-state index is -4.80. The number of hydrogen-bond acceptors (Lipinski definition) is 4. The van der Waals surface area contributed by atoms with E-state index in [-0.39, 0.29) is 18.2 Å². The molecule has 0 saturated carbocycles. The average molecular weight is 371 g/mol. The van der Waals surface area contributed by atoms with Gasteiger partial charge in [0.05, 0.1) is 18.8 Å². The van der Waals surface area contributed by atoms with Gasteiger partial charge in [-0.15, -0.1) is 13.2 Å². The second-order valence-electron chi connectivity index (χ2n) is 3.68. The van der Waals surface area contributed by atoms with Crippen molar-refractivity contribution in [1.29, 1.82) is 0 Å². The van der Waals surface area contributed by atoms with Crippen LogP contribution in [-0.2, 0) is 4.74 Å². The predicted octanol–water partition coefficient (Wildman–Crippen LogP) is 2.23. The van der Waals surface area contributed by atoms with E-state index in [9.17, 15) is 13.2 Å². The van der Waals surface area contributed by atoms with E-state index >= 15 is 0 Å². The van der Waals surface area contributed by atoms with Crippen LogP contribution in [-0.4, -0.2) is 32.6 Å². The fourth-order valence-electron chi connectivity index (χ4n) is 1.31. The number of alkyl halides is 3. The molecule has 0 atom stereocenters. The van der Waals surface area contributed by atoms with Crippen LogP contribution < -0.4 is 21.3 Å². The van der Waals surface area contributed by atoms with Gasteiger partial charge in [-0.25, -0.2) is 10.8 Å². The highest BCUT2D eigenvalue weighted by Crippen LogP contribution is 2.32. The van der Waals surface area contributed by atoms with Crippen molar-refractivity contribution in [3.8, 4) is 5.75 Å². The van der Waals surface area contributed by atoms with Gasteiger partial charge in [0.25, 0.3) is 0 Å². The van der Waals surface area contributed by atoms with Crippen molar-refractivity contribution >= 4 is 27.6 Å². The molecule has 0 aliphatic carbocycles. The number of halogens is 4. The van der Waals surface area contributed by atoms with E-state index in [0.717, 1.165) is 0 Å². The van der Waals surface area contributed by atoms with Gasteiger partial charge in [-0.3, -0.25) is 5.43 Å². The van der Waals surface area contributed by atoms with Crippen LogP contribution in [0.3, 0.4) is 0 Å². The minimum Gasteiger partial charge on any atom is -0.404 e. The van der Waals surface area contributed by atoms with E-state index in [4.69, 9.17) is 10.6 Å². The monoisotopic (exact) mass is 370 g/mol. The number of methoxy groups -OCH3 is 1. The quantitative estimate of drug-likeness (QED) is 0.243. The van der Waals surface area contributed by atoms with Crippen LogP contribution >= 0.6 is 15.9 Å². The number of guanidine groups is 1. The summed E-state index contributed by atoms with van der Waals surface area (Å²) in [4.78, 5) is 3.98. The molecule has 0 aromatic heterocycles. The maximum absolute atomic E-state index is 12.4. The highest BCUT2D eigenvalue weighted by molar-refractivity contribution is 9.10. The number of hydrogen-bond donors (Lipinski definition) is 3. The van der Waals surface area contributed by atoms with E-state index in [1.807, 2.05) is 0 Å². The van der Waals surface area contributed by atoms with Gasteiger partial charge in [0.1, 0.15) is 0 Å². The maximum Gasteiger partial charge on any atom is 0.573 e. The molecule has 0 amide bonds.